The molecule has 0 aliphatic heterocycles. The Balaban J connectivity index is 1.55. The first kappa shape index (κ1) is 31.7. The second-order valence-corrected chi connectivity index (χ2v) is 12.7. The number of rotatable bonds is 15. The quantitative estimate of drug-likeness (QED) is 0.165. The summed E-state index contributed by atoms with van der Waals surface area (Å²) < 4.78 is 6.28. The molecular weight excluding hydrogens is 482 g/mol. The Bertz CT molecular complexity index is 824. The number of hydrogen-bond acceptors (Lipinski definition) is 3. The predicted molar refractivity (Wildman–Crippen MR) is 161 cm³/mol. The lowest BCUT2D eigenvalue weighted by atomic mass is 9.79. The molecule has 2 saturated carbocycles. The molecule has 220 valence electrons. The standard InChI is InChI=1S/C35H57NO3/c1-5-7-9-12-16-29-19-23-31(24-20-29)34(37)36(4)27(3)33(30-17-13-10-14-18-30)39-35(38)32-25-21-28(22-26-32)15-11-8-6-2/h10,13-14,17-18,27-29,31-33H,5-9,11-12,15-16,19-26H2,1-4H3/t27-,28?,29?,31?,32?,33+/m0/s1. The van der Waals surface area contributed by atoms with Crippen LogP contribution < -0.4 is 0 Å². The van der Waals surface area contributed by atoms with Crippen molar-refractivity contribution in [2.75, 3.05) is 7.05 Å². The van der Waals surface area contributed by atoms with Crippen molar-refractivity contribution in [1.82, 2.24) is 4.90 Å². The van der Waals surface area contributed by atoms with Crippen LogP contribution >= 0.6 is 0 Å². The van der Waals surface area contributed by atoms with Crippen molar-refractivity contribution in [2.45, 2.75) is 142 Å². The molecule has 0 heterocycles. The Labute approximate surface area is 239 Å². The van der Waals surface area contributed by atoms with E-state index in [0.29, 0.717) is 0 Å². The summed E-state index contributed by atoms with van der Waals surface area (Å²) in [5, 5.41) is 0. The molecule has 2 aliphatic rings. The van der Waals surface area contributed by atoms with Gasteiger partial charge in [-0.25, -0.2) is 0 Å². The molecule has 0 aromatic heterocycles. The first-order valence-corrected chi connectivity index (χ1v) is 16.5. The van der Waals surface area contributed by atoms with Crippen LogP contribution in [0.5, 0.6) is 0 Å². The zero-order valence-corrected chi connectivity index (χ0v) is 25.5. The van der Waals surface area contributed by atoms with Crippen molar-refractivity contribution in [3.8, 4) is 0 Å². The second-order valence-electron chi connectivity index (χ2n) is 12.7. The summed E-state index contributed by atoms with van der Waals surface area (Å²) in [5.74, 6) is 1.77. The van der Waals surface area contributed by atoms with Crippen LogP contribution in [0, 0.1) is 23.7 Å². The number of benzene rings is 1. The molecule has 1 amide bonds. The Morgan fingerprint density at radius 1 is 0.769 bits per heavy atom. The highest BCUT2D eigenvalue weighted by molar-refractivity contribution is 5.79. The highest BCUT2D eigenvalue weighted by atomic mass is 16.5. The zero-order chi connectivity index (χ0) is 28.0. The van der Waals surface area contributed by atoms with Gasteiger partial charge in [0.05, 0.1) is 12.0 Å². The van der Waals surface area contributed by atoms with Crippen LogP contribution in [0.3, 0.4) is 0 Å². The zero-order valence-electron chi connectivity index (χ0n) is 25.5. The van der Waals surface area contributed by atoms with Crippen LogP contribution in [-0.2, 0) is 14.3 Å². The summed E-state index contributed by atoms with van der Waals surface area (Å²) >= 11 is 0. The third kappa shape index (κ3) is 9.94. The van der Waals surface area contributed by atoms with Crippen LogP contribution in [0.1, 0.15) is 142 Å². The first-order valence-electron chi connectivity index (χ1n) is 16.5. The van der Waals surface area contributed by atoms with Gasteiger partial charge in [-0.3, -0.25) is 9.59 Å². The third-order valence-corrected chi connectivity index (χ3v) is 9.83. The number of carbonyl (C=O) groups excluding carboxylic acids is 2. The van der Waals surface area contributed by atoms with Crippen molar-refractivity contribution >= 4 is 11.9 Å². The minimum atomic E-state index is -0.440. The van der Waals surface area contributed by atoms with E-state index in [2.05, 4.69) is 13.8 Å². The maximum Gasteiger partial charge on any atom is 0.309 e. The van der Waals surface area contributed by atoms with Gasteiger partial charge in [0, 0.05) is 13.0 Å². The number of hydrogen-bond donors (Lipinski definition) is 0. The van der Waals surface area contributed by atoms with Gasteiger partial charge in [-0.05, 0) is 75.7 Å². The number of nitrogens with zero attached hydrogens (tertiary/aromatic N) is 1. The minimum absolute atomic E-state index is 0.0144. The van der Waals surface area contributed by atoms with Gasteiger partial charge in [-0.1, -0.05) is 102 Å². The van der Waals surface area contributed by atoms with Crippen molar-refractivity contribution in [3.63, 3.8) is 0 Å². The fraction of sp³-hybridized carbons (Fsp3) is 0.771. The molecule has 3 rings (SSSR count). The first-order chi connectivity index (χ1) is 18.9. The highest BCUT2D eigenvalue weighted by Gasteiger charge is 2.36. The lowest BCUT2D eigenvalue weighted by Crippen LogP contribution is -2.44. The van der Waals surface area contributed by atoms with E-state index in [-0.39, 0.29) is 29.8 Å². The molecule has 0 unspecified atom stereocenters. The number of unbranched alkanes of at least 4 members (excludes halogenated alkanes) is 5. The van der Waals surface area contributed by atoms with Crippen LogP contribution in [-0.4, -0.2) is 29.9 Å². The maximum absolute atomic E-state index is 13.6. The molecule has 0 saturated heterocycles. The van der Waals surface area contributed by atoms with Crippen LogP contribution in [0.25, 0.3) is 0 Å². The van der Waals surface area contributed by atoms with Gasteiger partial charge in [-0.15, -0.1) is 0 Å². The van der Waals surface area contributed by atoms with Crippen molar-refractivity contribution in [3.05, 3.63) is 35.9 Å². The van der Waals surface area contributed by atoms with Crippen LogP contribution in [0.2, 0.25) is 0 Å². The molecule has 0 spiro atoms. The molecular formula is C35H57NO3. The van der Waals surface area contributed by atoms with Gasteiger partial charge >= 0.3 is 5.97 Å². The van der Waals surface area contributed by atoms with Crippen LogP contribution in [0.4, 0.5) is 0 Å². The van der Waals surface area contributed by atoms with Crippen molar-refractivity contribution < 1.29 is 14.3 Å². The molecule has 1 aromatic carbocycles. The Hall–Kier alpha value is -1.84. The van der Waals surface area contributed by atoms with E-state index in [0.717, 1.165) is 55.9 Å². The van der Waals surface area contributed by atoms with Gasteiger partial charge in [0.25, 0.3) is 0 Å². The molecule has 2 aliphatic carbocycles. The normalized spacial score (nSPS) is 25.0. The van der Waals surface area contributed by atoms with Gasteiger partial charge in [-0.2, -0.15) is 0 Å². The summed E-state index contributed by atoms with van der Waals surface area (Å²) in [6, 6.07) is 9.83. The van der Waals surface area contributed by atoms with Gasteiger partial charge in [0.15, 0.2) is 0 Å². The summed E-state index contributed by atoms with van der Waals surface area (Å²) in [6.07, 6.45) is 19.8. The molecule has 2 fully saturated rings. The fourth-order valence-electron chi connectivity index (χ4n) is 6.93. The second kappa shape index (κ2) is 17.1. The van der Waals surface area contributed by atoms with E-state index in [1.54, 1.807) is 0 Å². The van der Waals surface area contributed by atoms with E-state index >= 15 is 0 Å². The summed E-state index contributed by atoms with van der Waals surface area (Å²) in [4.78, 5) is 28.9. The number of carbonyl (C=O) groups is 2. The topological polar surface area (TPSA) is 46.6 Å². The summed E-state index contributed by atoms with van der Waals surface area (Å²) in [7, 11) is 1.91. The van der Waals surface area contributed by atoms with E-state index in [4.69, 9.17) is 4.74 Å². The molecule has 4 heteroatoms. The van der Waals surface area contributed by atoms with E-state index < -0.39 is 6.10 Å². The molecule has 0 bridgehead atoms. The monoisotopic (exact) mass is 539 g/mol. The molecule has 0 radical (unpaired) electrons. The van der Waals surface area contributed by atoms with Crippen molar-refractivity contribution in [1.29, 1.82) is 0 Å². The van der Waals surface area contributed by atoms with Crippen LogP contribution in [0.15, 0.2) is 30.3 Å². The molecule has 4 nitrogen and oxygen atoms in total. The summed E-state index contributed by atoms with van der Waals surface area (Å²) in [6.45, 7) is 6.56. The largest absolute Gasteiger partial charge is 0.455 e. The van der Waals surface area contributed by atoms with Gasteiger partial charge in [0.1, 0.15) is 6.10 Å². The lowest BCUT2D eigenvalue weighted by molar-refractivity contribution is -0.162. The smallest absolute Gasteiger partial charge is 0.309 e. The van der Waals surface area contributed by atoms with E-state index in [1.165, 1.54) is 70.6 Å². The summed E-state index contributed by atoms with van der Waals surface area (Å²) in [5.41, 5.74) is 0.974. The number of esters is 1. The van der Waals surface area contributed by atoms with E-state index in [1.807, 2.05) is 49.2 Å². The highest BCUT2D eigenvalue weighted by Crippen LogP contribution is 2.36. The van der Waals surface area contributed by atoms with Gasteiger partial charge in [0.2, 0.25) is 5.91 Å². The SMILES string of the molecule is CCCCCCC1CCC(C(=O)N(C)[C@@H](C)[C@@H](OC(=O)C2CCC(CCCCC)CC2)c2ccccc2)CC1. The number of ether oxygens (including phenoxy) is 1. The lowest BCUT2D eigenvalue weighted by Gasteiger charge is -2.37. The minimum Gasteiger partial charge on any atom is -0.455 e. The Morgan fingerprint density at radius 3 is 1.85 bits per heavy atom. The average Bonchev–Trinajstić information content (AvgIpc) is 2.98. The number of likely N-dealkylation sites (N-methyl/N-ethyl adjacent to an activating group) is 1. The number of amides is 1. The van der Waals surface area contributed by atoms with Crippen molar-refractivity contribution in [2.24, 2.45) is 23.7 Å². The van der Waals surface area contributed by atoms with Gasteiger partial charge < -0.3 is 9.64 Å². The van der Waals surface area contributed by atoms with E-state index in [9.17, 15) is 9.59 Å². The predicted octanol–water partition coefficient (Wildman–Crippen LogP) is 9.28. The maximum atomic E-state index is 13.6. The molecule has 39 heavy (non-hydrogen) atoms. The molecule has 2 atom stereocenters. The Morgan fingerprint density at radius 2 is 1.28 bits per heavy atom. The molecule has 0 N–H and O–H groups in total. The Kier molecular flexibility index (Phi) is 13.9. The third-order valence-electron chi connectivity index (χ3n) is 9.83. The fourth-order valence-corrected chi connectivity index (χ4v) is 6.93. The molecule has 1 aromatic rings. The average molecular weight is 540 g/mol.